The molecule has 4 aromatic carbocycles. The van der Waals surface area contributed by atoms with Gasteiger partial charge in [-0.1, -0.05) is 83.9 Å². The third kappa shape index (κ3) is 6.51. The first-order valence-corrected chi connectivity index (χ1v) is 15.5. The van der Waals surface area contributed by atoms with Crippen LogP contribution in [-0.4, -0.2) is 25.1 Å². The van der Waals surface area contributed by atoms with Gasteiger partial charge in [-0.25, -0.2) is 13.8 Å². The van der Waals surface area contributed by atoms with Crippen LogP contribution in [0, 0.1) is 13.8 Å². The highest BCUT2D eigenvalue weighted by Gasteiger charge is 2.28. The topological polar surface area (TPSA) is 83.8 Å². The molecule has 0 bridgehead atoms. The third-order valence-electron chi connectivity index (χ3n) is 6.91. The minimum Gasteiger partial charge on any atom is -0.316 e. The maximum Gasteiger partial charge on any atom is 0.273 e. The zero-order chi connectivity index (χ0) is 30.6. The molecule has 1 N–H and O–H groups in total. The van der Waals surface area contributed by atoms with Crippen LogP contribution in [0.1, 0.15) is 32.9 Å². The van der Waals surface area contributed by atoms with Gasteiger partial charge in [0.1, 0.15) is 0 Å². The monoisotopic (exact) mass is 630 g/mol. The van der Waals surface area contributed by atoms with Crippen molar-refractivity contribution in [2.45, 2.75) is 25.3 Å². The van der Waals surface area contributed by atoms with Gasteiger partial charge >= 0.3 is 0 Å². The van der Waals surface area contributed by atoms with Gasteiger partial charge < -0.3 is 4.57 Å². The number of carbonyl (C=O) groups is 1. The number of rotatable bonds is 9. The van der Waals surface area contributed by atoms with E-state index in [2.05, 4.69) is 10.5 Å². The SMILES string of the molecule is Cc1cc(/C=N/NC(=O)c2ccccc2N(Cc2ccccc2)S(=O)(=O)c2ccccc2)c(C)n1-c1cc(Cl)ccc1Cl. The highest BCUT2D eigenvalue weighted by atomic mass is 35.5. The van der Waals surface area contributed by atoms with E-state index in [1.54, 1.807) is 66.9 Å². The van der Waals surface area contributed by atoms with Crippen molar-refractivity contribution in [3.63, 3.8) is 0 Å². The molecule has 5 aromatic rings. The number of nitrogens with one attached hydrogen (secondary N) is 1. The summed E-state index contributed by atoms with van der Waals surface area (Å²) in [7, 11) is -4.02. The minimum atomic E-state index is -4.02. The number of benzene rings is 4. The number of aryl methyl sites for hydroxylation is 1. The Balaban J connectivity index is 1.45. The first-order chi connectivity index (χ1) is 20.7. The van der Waals surface area contributed by atoms with Crippen LogP contribution >= 0.6 is 23.2 Å². The second kappa shape index (κ2) is 12.9. The van der Waals surface area contributed by atoms with Crippen LogP contribution in [0.4, 0.5) is 5.69 Å². The van der Waals surface area contributed by atoms with Gasteiger partial charge in [0.25, 0.3) is 15.9 Å². The molecule has 5 rings (SSSR count). The normalized spacial score (nSPS) is 11.5. The number of halogens is 2. The van der Waals surface area contributed by atoms with Crippen LogP contribution < -0.4 is 9.73 Å². The van der Waals surface area contributed by atoms with E-state index in [0.29, 0.717) is 10.0 Å². The number of para-hydroxylation sites is 1. The number of hydrogen-bond donors (Lipinski definition) is 1. The minimum absolute atomic E-state index is 0.0314. The van der Waals surface area contributed by atoms with Crippen LogP contribution in [0.15, 0.2) is 119 Å². The van der Waals surface area contributed by atoms with Crippen LogP contribution in [0.25, 0.3) is 5.69 Å². The molecular weight excluding hydrogens is 603 g/mol. The first-order valence-electron chi connectivity index (χ1n) is 13.4. The lowest BCUT2D eigenvalue weighted by Crippen LogP contribution is -2.33. The van der Waals surface area contributed by atoms with Crippen molar-refractivity contribution in [1.82, 2.24) is 9.99 Å². The molecule has 0 saturated carbocycles. The van der Waals surface area contributed by atoms with E-state index in [9.17, 15) is 13.2 Å². The Kier molecular flexibility index (Phi) is 9.01. The Morgan fingerprint density at radius 2 is 1.53 bits per heavy atom. The lowest BCUT2D eigenvalue weighted by molar-refractivity contribution is 0.0955. The summed E-state index contributed by atoms with van der Waals surface area (Å²) < 4.78 is 31.0. The van der Waals surface area contributed by atoms with Gasteiger partial charge in [0, 0.05) is 22.0 Å². The van der Waals surface area contributed by atoms with Crippen molar-refractivity contribution in [3.05, 3.63) is 147 Å². The predicted octanol–water partition coefficient (Wildman–Crippen LogP) is 7.56. The van der Waals surface area contributed by atoms with E-state index in [4.69, 9.17) is 23.2 Å². The van der Waals surface area contributed by atoms with E-state index in [0.717, 1.165) is 28.2 Å². The maximum atomic E-state index is 13.9. The zero-order valence-electron chi connectivity index (χ0n) is 23.4. The number of sulfonamides is 1. The smallest absolute Gasteiger partial charge is 0.273 e. The molecular formula is C33H28Cl2N4O3S. The van der Waals surface area contributed by atoms with Gasteiger partial charge in [0.15, 0.2) is 0 Å². The summed E-state index contributed by atoms with van der Waals surface area (Å²) in [6, 6.07) is 31.1. The molecule has 1 amide bonds. The van der Waals surface area contributed by atoms with Crippen molar-refractivity contribution in [3.8, 4) is 5.69 Å². The van der Waals surface area contributed by atoms with Gasteiger partial charge in [-0.2, -0.15) is 5.10 Å². The van der Waals surface area contributed by atoms with Gasteiger partial charge in [-0.15, -0.1) is 0 Å². The summed E-state index contributed by atoms with van der Waals surface area (Å²) in [5, 5.41) is 5.31. The van der Waals surface area contributed by atoms with Crippen molar-refractivity contribution >= 4 is 51.0 Å². The molecule has 0 spiro atoms. The second-order valence-corrected chi connectivity index (χ2v) is 12.5. The average Bonchev–Trinajstić information content (AvgIpc) is 3.30. The molecule has 218 valence electrons. The molecule has 0 aliphatic rings. The van der Waals surface area contributed by atoms with Crippen LogP contribution in [0.3, 0.4) is 0 Å². The van der Waals surface area contributed by atoms with Crippen molar-refractivity contribution in [1.29, 1.82) is 0 Å². The molecule has 0 aliphatic carbocycles. The van der Waals surface area contributed by atoms with E-state index < -0.39 is 15.9 Å². The quantitative estimate of drug-likeness (QED) is 0.135. The summed E-state index contributed by atoms with van der Waals surface area (Å²) in [5.74, 6) is -0.556. The number of hydrogen-bond acceptors (Lipinski definition) is 4. The molecule has 0 aliphatic heterocycles. The summed E-state index contributed by atoms with van der Waals surface area (Å²) in [5.41, 5.74) is 6.98. The maximum absolute atomic E-state index is 13.9. The number of nitrogens with zero attached hydrogens (tertiary/aromatic N) is 3. The molecule has 10 heteroatoms. The van der Waals surface area contributed by atoms with E-state index in [-0.39, 0.29) is 22.7 Å². The number of hydrazone groups is 1. The van der Waals surface area contributed by atoms with E-state index in [1.165, 1.54) is 16.4 Å². The Labute approximate surface area is 261 Å². The molecule has 0 radical (unpaired) electrons. The number of carbonyl (C=O) groups excluding carboxylic acids is 1. The van der Waals surface area contributed by atoms with Crippen molar-refractivity contribution in [2.75, 3.05) is 4.31 Å². The Morgan fingerprint density at radius 1 is 0.884 bits per heavy atom. The Hall–Kier alpha value is -4.37. The lowest BCUT2D eigenvalue weighted by Gasteiger charge is -2.26. The lowest BCUT2D eigenvalue weighted by atomic mass is 10.1. The first kappa shape index (κ1) is 30.1. The fraction of sp³-hybridized carbons (Fsp3) is 0.0909. The molecule has 0 fully saturated rings. The van der Waals surface area contributed by atoms with Crippen LogP contribution in [0.2, 0.25) is 10.0 Å². The number of anilines is 1. The van der Waals surface area contributed by atoms with Crippen molar-refractivity contribution in [2.24, 2.45) is 5.10 Å². The number of amides is 1. The molecule has 1 heterocycles. The van der Waals surface area contributed by atoms with Crippen LogP contribution in [0.5, 0.6) is 0 Å². The fourth-order valence-electron chi connectivity index (χ4n) is 4.82. The van der Waals surface area contributed by atoms with Gasteiger partial charge in [-0.05, 0) is 67.9 Å². The molecule has 43 heavy (non-hydrogen) atoms. The van der Waals surface area contributed by atoms with Gasteiger partial charge in [0.2, 0.25) is 0 Å². The molecule has 0 unspecified atom stereocenters. The fourth-order valence-corrected chi connectivity index (χ4v) is 6.68. The standard InChI is InChI=1S/C33H28Cl2N4O3S/c1-23-19-26(24(2)39(23)32-20-27(34)17-18-30(32)35)21-36-37-33(40)29-15-9-10-16-31(29)38(22-25-11-5-3-6-12-25)43(41,42)28-13-7-4-8-14-28/h3-21H,22H2,1-2H3,(H,37,40)/b36-21+. The molecule has 7 nitrogen and oxygen atoms in total. The summed E-state index contributed by atoms with van der Waals surface area (Å²) in [6.45, 7) is 3.88. The predicted molar refractivity (Wildman–Crippen MR) is 173 cm³/mol. The summed E-state index contributed by atoms with van der Waals surface area (Å²) >= 11 is 12.7. The summed E-state index contributed by atoms with van der Waals surface area (Å²) in [4.78, 5) is 13.6. The zero-order valence-corrected chi connectivity index (χ0v) is 25.7. The largest absolute Gasteiger partial charge is 0.316 e. The highest BCUT2D eigenvalue weighted by Crippen LogP contribution is 2.30. The Bertz CT molecular complexity index is 1910. The van der Waals surface area contributed by atoms with Gasteiger partial charge in [-0.3, -0.25) is 9.10 Å². The number of aromatic nitrogens is 1. The molecule has 0 atom stereocenters. The van der Waals surface area contributed by atoms with Gasteiger partial charge in [0.05, 0.1) is 39.6 Å². The third-order valence-corrected chi connectivity index (χ3v) is 9.24. The van der Waals surface area contributed by atoms with E-state index >= 15 is 0 Å². The Morgan fingerprint density at radius 3 is 2.26 bits per heavy atom. The van der Waals surface area contributed by atoms with E-state index in [1.807, 2.05) is 54.8 Å². The highest BCUT2D eigenvalue weighted by molar-refractivity contribution is 7.92. The second-order valence-electron chi connectivity index (χ2n) is 9.78. The van der Waals surface area contributed by atoms with Crippen LogP contribution in [-0.2, 0) is 16.6 Å². The molecule has 1 aromatic heterocycles. The average molecular weight is 632 g/mol. The molecule has 0 saturated heterocycles. The van der Waals surface area contributed by atoms with Crippen molar-refractivity contribution < 1.29 is 13.2 Å². The summed E-state index contributed by atoms with van der Waals surface area (Å²) in [6.07, 6.45) is 1.54.